The smallest absolute Gasteiger partial charge is 0.257 e. The number of carbonyl (C=O) groups is 1. The third-order valence-corrected chi connectivity index (χ3v) is 4.48. The van der Waals surface area contributed by atoms with Crippen molar-refractivity contribution >= 4 is 22.4 Å². The molecule has 0 saturated carbocycles. The Bertz CT molecular complexity index is 884. The average molecular weight is 370 g/mol. The maximum atomic E-state index is 12.5. The molecule has 7 heteroatoms. The van der Waals surface area contributed by atoms with Crippen molar-refractivity contribution in [3.8, 4) is 28.5 Å². The van der Waals surface area contributed by atoms with E-state index < -0.39 is 0 Å². The highest BCUT2D eigenvalue weighted by molar-refractivity contribution is 7.14. The number of aromatic nitrogens is 1. The molecule has 0 unspecified atom stereocenters. The largest absolute Gasteiger partial charge is 0.497 e. The zero-order valence-corrected chi connectivity index (χ0v) is 15.4. The Hall–Kier alpha value is -3.06. The van der Waals surface area contributed by atoms with Gasteiger partial charge in [0.05, 0.1) is 27.0 Å². The van der Waals surface area contributed by atoms with E-state index in [9.17, 15) is 4.79 Å². The molecule has 0 aliphatic carbocycles. The number of nitrogens with one attached hydrogen (secondary N) is 1. The van der Waals surface area contributed by atoms with Crippen LogP contribution in [0.3, 0.4) is 0 Å². The Morgan fingerprint density at radius 1 is 0.923 bits per heavy atom. The summed E-state index contributed by atoms with van der Waals surface area (Å²) in [5, 5.41) is 5.21. The quantitative estimate of drug-likeness (QED) is 0.708. The number of benzene rings is 2. The van der Waals surface area contributed by atoms with Crippen LogP contribution < -0.4 is 19.5 Å². The van der Waals surface area contributed by atoms with Crippen molar-refractivity contribution in [1.29, 1.82) is 0 Å². The fourth-order valence-corrected chi connectivity index (χ4v) is 3.05. The minimum atomic E-state index is -0.280. The first-order valence-electron chi connectivity index (χ1n) is 7.77. The summed E-state index contributed by atoms with van der Waals surface area (Å²) in [6.07, 6.45) is 0. The molecule has 0 saturated heterocycles. The van der Waals surface area contributed by atoms with Crippen LogP contribution >= 0.6 is 11.3 Å². The lowest BCUT2D eigenvalue weighted by Crippen LogP contribution is -2.12. The average Bonchev–Trinajstić information content (AvgIpc) is 3.15. The molecular weight excluding hydrogens is 352 g/mol. The van der Waals surface area contributed by atoms with Crippen LogP contribution in [0.5, 0.6) is 17.2 Å². The molecule has 0 aliphatic rings. The van der Waals surface area contributed by atoms with Crippen molar-refractivity contribution < 1.29 is 19.0 Å². The second kappa shape index (κ2) is 7.88. The van der Waals surface area contributed by atoms with Crippen LogP contribution in [0.2, 0.25) is 0 Å². The summed E-state index contributed by atoms with van der Waals surface area (Å²) >= 11 is 1.36. The molecule has 3 aromatic rings. The van der Waals surface area contributed by atoms with Gasteiger partial charge in [-0.3, -0.25) is 10.1 Å². The molecule has 0 radical (unpaired) electrons. The van der Waals surface area contributed by atoms with E-state index in [1.807, 2.05) is 29.6 Å². The number of hydrogen-bond donors (Lipinski definition) is 1. The van der Waals surface area contributed by atoms with Gasteiger partial charge in [-0.05, 0) is 36.4 Å². The SMILES string of the molecule is COc1ccc(-c2csc(NC(=O)c3cc(OC)cc(OC)c3)n2)cc1. The molecule has 0 atom stereocenters. The molecule has 2 aromatic carbocycles. The highest BCUT2D eigenvalue weighted by Crippen LogP contribution is 2.28. The Labute approximate surface area is 155 Å². The van der Waals surface area contributed by atoms with Crippen molar-refractivity contribution in [2.24, 2.45) is 0 Å². The molecule has 26 heavy (non-hydrogen) atoms. The first kappa shape index (κ1) is 17.8. The maximum absolute atomic E-state index is 12.5. The Balaban J connectivity index is 1.77. The lowest BCUT2D eigenvalue weighted by atomic mass is 10.2. The number of rotatable bonds is 6. The van der Waals surface area contributed by atoms with E-state index in [1.165, 1.54) is 11.3 Å². The number of ether oxygens (including phenoxy) is 3. The van der Waals surface area contributed by atoms with Gasteiger partial charge < -0.3 is 14.2 Å². The van der Waals surface area contributed by atoms with Crippen LogP contribution in [0.25, 0.3) is 11.3 Å². The van der Waals surface area contributed by atoms with Crippen molar-refractivity contribution in [2.75, 3.05) is 26.6 Å². The predicted octanol–water partition coefficient (Wildman–Crippen LogP) is 4.09. The van der Waals surface area contributed by atoms with Gasteiger partial charge in [0.25, 0.3) is 5.91 Å². The Morgan fingerprint density at radius 3 is 2.12 bits per heavy atom. The van der Waals surface area contributed by atoms with Crippen molar-refractivity contribution in [2.45, 2.75) is 0 Å². The van der Waals surface area contributed by atoms with Gasteiger partial charge in [0, 0.05) is 22.6 Å². The highest BCUT2D eigenvalue weighted by atomic mass is 32.1. The van der Waals surface area contributed by atoms with Gasteiger partial charge in [-0.1, -0.05) is 0 Å². The topological polar surface area (TPSA) is 69.7 Å². The van der Waals surface area contributed by atoms with Crippen LogP contribution in [0.1, 0.15) is 10.4 Å². The molecule has 0 aliphatic heterocycles. The second-order valence-corrected chi connectivity index (χ2v) is 6.18. The van der Waals surface area contributed by atoms with E-state index in [4.69, 9.17) is 14.2 Å². The number of anilines is 1. The van der Waals surface area contributed by atoms with Crippen molar-refractivity contribution in [1.82, 2.24) is 4.98 Å². The van der Waals surface area contributed by atoms with Gasteiger partial charge in [0.1, 0.15) is 17.2 Å². The van der Waals surface area contributed by atoms with E-state index >= 15 is 0 Å². The number of nitrogens with zero attached hydrogens (tertiary/aromatic N) is 1. The summed E-state index contributed by atoms with van der Waals surface area (Å²) in [4.78, 5) is 17.0. The number of carbonyl (C=O) groups excluding carboxylic acids is 1. The van der Waals surface area contributed by atoms with Crippen molar-refractivity contribution in [3.63, 3.8) is 0 Å². The van der Waals surface area contributed by atoms with Gasteiger partial charge >= 0.3 is 0 Å². The number of hydrogen-bond acceptors (Lipinski definition) is 6. The standard InChI is InChI=1S/C19H18N2O4S/c1-23-14-6-4-12(5-7-14)17-11-26-19(20-17)21-18(22)13-8-15(24-2)10-16(9-13)25-3/h4-11H,1-3H3,(H,20,21,22). The van der Waals surface area contributed by atoms with Crippen LogP contribution in [-0.2, 0) is 0 Å². The molecule has 1 N–H and O–H groups in total. The van der Waals surface area contributed by atoms with E-state index in [-0.39, 0.29) is 5.91 Å². The minimum Gasteiger partial charge on any atom is -0.497 e. The molecule has 1 amide bonds. The van der Waals surface area contributed by atoms with Gasteiger partial charge in [0.15, 0.2) is 5.13 Å². The first-order chi connectivity index (χ1) is 12.6. The van der Waals surface area contributed by atoms with Gasteiger partial charge in [-0.25, -0.2) is 4.98 Å². The Morgan fingerprint density at radius 2 is 1.54 bits per heavy atom. The van der Waals surface area contributed by atoms with Crippen LogP contribution in [0, 0.1) is 0 Å². The zero-order valence-electron chi connectivity index (χ0n) is 14.6. The third kappa shape index (κ3) is 3.94. The lowest BCUT2D eigenvalue weighted by Gasteiger charge is -2.08. The predicted molar refractivity (Wildman–Crippen MR) is 102 cm³/mol. The third-order valence-electron chi connectivity index (χ3n) is 3.72. The van der Waals surface area contributed by atoms with Gasteiger partial charge in [-0.2, -0.15) is 0 Å². The molecule has 0 fully saturated rings. The first-order valence-corrected chi connectivity index (χ1v) is 8.65. The minimum absolute atomic E-state index is 0.280. The van der Waals surface area contributed by atoms with Gasteiger partial charge in [-0.15, -0.1) is 11.3 Å². The number of amides is 1. The molecule has 0 spiro atoms. The zero-order chi connectivity index (χ0) is 18.5. The summed E-state index contributed by atoms with van der Waals surface area (Å²) in [6, 6.07) is 12.6. The molecule has 1 heterocycles. The second-order valence-electron chi connectivity index (χ2n) is 5.32. The highest BCUT2D eigenvalue weighted by Gasteiger charge is 2.13. The Kier molecular flexibility index (Phi) is 5.38. The summed E-state index contributed by atoms with van der Waals surface area (Å²) in [6.45, 7) is 0. The molecule has 3 rings (SSSR count). The van der Waals surface area contributed by atoms with Gasteiger partial charge in [0.2, 0.25) is 0 Å². The monoisotopic (exact) mass is 370 g/mol. The van der Waals surface area contributed by atoms with E-state index in [2.05, 4.69) is 10.3 Å². The molecular formula is C19H18N2O4S. The number of methoxy groups -OCH3 is 3. The fraction of sp³-hybridized carbons (Fsp3) is 0.158. The lowest BCUT2D eigenvalue weighted by molar-refractivity contribution is 0.102. The normalized spacial score (nSPS) is 10.3. The molecule has 1 aromatic heterocycles. The van der Waals surface area contributed by atoms with E-state index in [1.54, 1.807) is 39.5 Å². The summed E-state index contributed by atoms with van der Waals surface area (Å²) in [7, 11) is 4.70. The fourth-order valence-electron chi connectivity index (χ4n) is 2.33. The van der Waals surface area contributed by atoms with Crippen LogP contribution in [0.4, 0.5) is 5.13 Å². The molecule has 0 bridgehead atoms. The van der Waals surface area contributed by atoms with Crippen molar-refractivity contribution in [3.05, 3.63) is 53.4 Å². The number of thiazole rings is 1. The van der Waals surface area contributed by atoms with E-state index in [0.29, 0.717) is 22.2 Å². The molecule has 134 valence electrons. The summed E-state index contributed by atoms with van der Waals surface area (Å²) in [5.41, 5.74) is 2.17. The molecule has 6 nitrogen and oxygen atoms in total. The summed E-state index contributed by atoms with van der Waals surface area (Å²) in [5.74, 6) is 1.60. The van der Waals surface area contributed by atoms with Crippen LogP contribution in [0.15, 0.2) is 47.8 Å². The summed E-state index contributed by atoms with van der Waals surface area (Å²) < 4.78 is 15.5. The van der Waals surface area contributed by atoms with Crippen LogP contribution in [-0.4, -0.2) is 32.2 Å². The maximum Gasteiger partial charge on any atom is 0.257 e. The van der Waals surface area contributed by atoms with E-state index in [0.717, 1.165) is 17.0 Å².